The molecule has 0 saturated carbocycles. The molecule has 1 N–H and O–H groups in total. The second-order valence-electron chi connectivity index (χ2n) is 4.63. The fourth-order valence-electron chi connectivity index (χ4n) is 1.98. The van der Waals surface area contributed by atoms with Crippen molar-refractivity contribution in [1.82, 2.24) is 9.55 Å². The highest BCUT2D eigenvalue weighted by Gasteiger charge is 2.09. The lowest BCUT2D eigenvalue weighted by atomic mass is 10.2. The fraction of sp³-hybridized carbons (Fsp3) is 0.312. The largest absolute Gasteiger partial charge is 0.493 e. The predicted molar refractivity (Wildman–Crippen MR) is 81.4 cm³/mol. The first-order valence-electron chi connectivity index (χ1n) is 6.80. The minimum absolute atomic E-state index is 0.192. The number of ether oxygens (including phenoxy) is 2. The highest BCUT2D eigenvalue weighted by atomic mass is 16.5. The Morgan fingerprint density at radius 3 is 2.90 bits per heavy atom. The smallest absolute Gasteiger partial charge is 0.161 e. The molecule has 5 heteroatoms. The van der Waals surface area contributed by atoms with Crippen LogP contribution in [0.4, 0.5) is 0 Å². The Bertz CT molecular complexity index is 579. The van der Waals surface area contributed by atoms with Crippen molar-refractivity contribution in [3.63, 3.8) is 0 Å². The van der Waals surface area contributed by atoms with Gasteiger partial charge in [-0.25, -0.2) is 4.98 Å². The molecule has 0 fully saturated rings. The molecular formula is C16H20N2O3. The molecule has 5 nitrogen and oxygen atoms in total. The molecule has 1 aromatic carbocycles. The van der Waals surface area contributed by atoms with Crippen molar-refractivity contribution < 1.29 is 14.6 Å². The first-order chi connectivity index (χ1) is 10.2. The van der Waals surface area contributed by atoms with Crippen molar-refractivity contribution >= 4 is 6.08 Å². The molecule has 0 bridgehead atoms. The van der Waals surface area contributed by atoms with Gasteiger partial charge in [0.2, 0.25) is 0 Å². The molecule has 112 valence electrons. The molecule has 0 saturated heterocycles. The van der Waals surface area contributed by atoms with Crippen LogP contribution in [0.3, 0.4) is 0 Å². The van der Waals surface area contributed by atoms with E-state index in [1.807, 2.05) is 37.3 Å². The average Bonchev–Trinajstić information content (AvgIpc) is 2.99. The molecule has 2 rings (SSSR count). The van der Waals surface area contributed by atoms with Gasteiger partial charge < -0.3 is 19.1 Å². The number of hydrogen-bond donors (Lipinski definition) is 1. The summed E-state index contributed by atoms with van der Waals surface area (Å²) in [5, 5.41) is 9.96. The van der Waals surface area contributed by atoms with Crippen molar-refractivity contribution in [2.24, 2.45) is 0 Å². The van der Waals surface area contributed by atoms with Gasteiger partial charge in [-0.15, -0.1) is 0 Å². The molecule has 1 atom stereocenters. The number of methoxy groups -OCH3 is 1. The van der Waals surface area contributed by atoms with Crippen molar-refractivity contribution in [3.05, 3.63) is 48.6 Å². The van der Waals surface area contributed by atoms with Crippen molar-refractivity contribution in [3.8, 4) is 11.5 Å². The van der Waals surface area contributed by atoms with E-state index in [0.717, 1.165) is 5.56 Å². The highest BCUT2D eigenvalue weighted by Crippen LogP contribution is 2.28. The molecule has 0 aliphatic carbocycles. The zero-order chi connectivity index (χ0) is 15.1. The van der Waals surface area contributed by atoms with Gasteiger partial charge in [0.1, 0.15) is 12.7 Å². The van der Waals surface area contributed by atoms with E-state index < -0.39 is 6.10 Å². The lowest BCUT2D eigenvalue weighted by molar-refractivity contribution is 0.0910. The highest BCUT2D eigenvalue weighted by molar-refractivity contribution is 5.55. The molecule has 1 heterocycles. The number of allylic oxidation sites excluding steroid dienone is 1. The van der Waals surface area contributed by atoms with Crippen LogP contribution in [0.2, 0.25) is 0 Å². The van der Waals surface area contributed by atoms with Crippen LogP contribution in [0.5, 0.6) is 11.5 Å². The van der Waals surface area contributed by atoms with Crippen LogP contribution < -0.4 is 9.47 Å². The standard InChI is InChI=1S/C16H20N2O3/c1-3-4-13-5-6-15(16(9-13)20-2)21-11-14(19)10-18-8-7-17-12-18/h3-9,12,14,19H,10-11H2,1-2H3/b4-3-/t14-/m1/s1. The van der Waals surface area contributed by atoms with Crippen LogP contribution in [0, 0.1) is 0 Å². The maximum absolute atomic E-state index is 9.96. The Kier molecular flexibility index (Phi) is 5.40. The van der Waals surface area contributed by atoms with E-state index in [-0.39, 0.29) is 6.61 Å². The zero-order valence-electron chi connectivity index (χ0n) is 12.3. The number of aliphatic hydroxyl groups excluding tert-OH is 1. The van der Waals surface area contributed by atoms with Crippen molar-refractivity contribution in [2.75, 3.05) is 13.7 Å². The van der Waals surface area contributed by atoms with Crippen LogP contribution >= 0.6 is 0 Å². The maximum atomic E-state index is 9.96. The first-order valence-corrected chi connectivity index (χ1v) is 6.80. The molecule has 1 aromatic heterocycles. The summed E-state index contributed by atoms with van der Waals surface area (Å²) in [5.41, 5.74) is 1.04. The summed E-state index contributed by atoms with van der Waals surface area (Å²) in [6.07, 6.45) is 8.48. The number of benzene rings is 1. The molecule has 0 amide bonds. The molecule has 0 unspecified atom stereocenters. The normalized spacial score (nSPS) is 12.5. The number of imidazole rings is 1. The molecule has 2 aromatic rings. The maximum Gasteiger partial charge on any atom is 0.161 e. The Balaban J connectivity index is 1.95. The van der Waals surface area contributed by atoms with E-state index in [9.17, 15) is 5.11 Å². The molecular weight excluding hydrogens is 268 g/mol. The van der Waals surface area contributed by atoms with Gasteiger partial charge in [-0.2, -0.15) is 0 Å². The Morgan fingerprint density at radius 1 is 1.38 bits per heavy atom. The third-order valence-electron chi connectivity index (χ3n) is 2.96. The summed E-state index contributed by atoms with van der Waals surface area (Å²) in [7, 11) is 1.60. The third kappa shape index (κ3) is 4.36. The molecule has 21 heavy (non-hydrogen) atoms. The number of rotatable bonds is 7. The third-order valence-corrected chi connectivity index (χ3v) is 2.96. The Morgan fingerprint density at radius 2 is 2.24 bits per heavy atom. The fourth-order valence-corrected chi connectivity index (χ4v) is 1.98. The van der Waals surface area contributed by atoms with Gasteiger partial charge in [0.15, 0.2) is 11.5 Å². The minimum atomic E-state index is -0.612. The van der Waals surface area contributed by atoms with E-state index in [4.69, 9.17) is 9.47 Å². The Hall–Kier alpha value is -2.27. The Labute approximate surface area is 124 Å². The lowest BCUT2D eigenvalue weighted by Gasteiger charge is -2.15. The number of aliphatic hydroxyl groups is 1. The van der Waals surface area contributed by atoms with Gasteiger partial charge in [0.05, 0.1) is 20.0 Å². The zero-order valence-corrected chi connectivity index (χ0v) is 12.3. The van der Waals surface area contributed by atoms with Crippen LogP contribution in [-0.4, -0.2) is 34.5 Å². The van der Waals surface area contributed by atoms with Gasteiger partial charge in [0, 0.05) is 12.4 Å². The van der Waals surface area contributed by atoms with Crippen molar-refractivity contribution in [2.45, 2.75) is 19.6 Å². The average molecular weight is 288 g/mol. The minimum Gasteiger partial charge on any atom is -0.493 e. The van der Waals surface area contributed by atoms with E-state index in [1.54, 1.807) is 30.4 Å². The topological polar surface area (TPSA) is 56.5 Å². The summed E-state index contributed by atoms with van der Waals surface area (Å²) in [6, 6.07) is 5.69. The second kappa shape index (κ2) is 7.50. The molecule has 0 radical (unpaired) electrons. The predicted octanol–water partition coefficient (Wildman–Crippen LogP) is 2.36. The SMILES string of the molecule is C/C=C\c1ccc(OC[C@H](O)Cn2ccnc2)c(OC)c1. The van der Waals surface area contributed by atoms with Crippen LogP contribution in [0.1, 0.15) is 12.5 Å². The van der Waals surface area contributed by atoms with Gasteiger partial charge >= 0.3 is 0 Å². The lowest BCUT2D eigenvalue weighted by Crippen LogP contribution is -2.23. The van der Waals surface area contributed by atoms with Gasteiger partial charge in [0.25, 0.3) is 0 Å². The number of aromatic nitrogens is 2. The summed E-state index contributed by atoms with van der Waals surface area (Å²) in [4.78, 5) is 3.93. The summed E-state index contributed by atoms with van der Waals surface area (Å²) >= 11 is 0. The quantitative estimate of drug-likeness (QED) is 0.850. The van der Waals surface area contributed by atoms with E-state index in [0.29, 0.717) is 18.0 Å². The van der Waals surface area contributed by atoms with Crippen LogP contribution in [0.25, 0.3) is 6.08 Å². The number of hydrogen-bond acceptors (Lipinski definition) is 4. The van der Waals surface area contributed by atoms with Crippen LogP contribution in [0.15, 0.2) is 43.0 Å². The summed E-state index contributed by atoms with van der Waals surface area (Å²) in [5.74, 6) is 1.27. The van der Waals surface area contributed by atoms with Gasteiger partial charge in [-0.1, -0.05) is 18.2 Å². The first kappa shape index (κ1) is 15.1. The van der Waals surface area contributed by atoms with E-state index >= 15 is 0 Å². The van der Waals surface area contributed by atoms with Crippen molar-refractivity contribution in [1.29, 1.82) is 0 Å². The molecule has 0 spiro atoms. The second-order valence-corrected chi connectivity index (χ2v) is 4.63. The van der Waals surface area contributed by atoms with Gasteiger partial charge in [-0.05, 0) is 24.6 Å². The van der Waals surface area contributed by atoms with E-state index in [2.05, 4.69) is 4.98 Å². The molecule has 0 aliphatic heterocycles. The van der Waals surface area contributed by atoms with E-state index in [1.165, 1.54) is 0 Å². The summed E-state index contributed by atoms with van der Waals surface area (Å²) in [6.45, 7) is 2.60. The van der Waals surface area contributed by atoms with Crippen LogP contribution in [-0.2, 0) is 6.54 Å². The summed E-state index contributed by atoms with van der Waals surface area (Å²) < 4.78 is 12.8. The van der Waals surface area contributed by atoms with Gasteiger partial charge in [-0.3, -0.25) is 0 Å². The number of nitrogens with zero attached hydrogens (tertiary/aromatic N) is 2. The molecule has 0 aliphatic rings. The monoisotopic (exact) mass is 288 g/mol.